The molecule has 2 aromatic rings. The monoisotopic (exact) mass is 352 g/mol. The third-order valence-corrected chi connectivity index (χ3v) is 4.70. The molecule has 1 atom stereocenters. The summed E-state index contributed by atoms with van der Waals surface area (Å²) in [5, 5.41) is 0. The molecule has 5 heteroatoms. The summed E-state index contributed by atoms with van der Waals surface area (Å²) in [6, 6.07) is 17.6. The minimum absolute atomic E-state index is 0.00364. The molecule has 3 rings (SSSR count). The number of para-hydroxylation sites is 1. The molecule has 1 saturated heterocycles. The van der Waals surface area contributed by atoms with Gasteiger partial charge in [0.1, 0.15) is 0 Å². The van der Waals surface area contributed by atoms with Gasteiger partial charge in [-0.1, -0.05) is 48.5 Å². The Morgan fingerprint density at radius 2 is 1.77 bits per heavy atom. The van der Waals surface area contributed by atoms with Crippen LogP contribution >= 0.6 is 0 Å². The number of piperazine rings is 1. The summed E-state index contributed by atoms with van der Waals surface area (Å²) < 4.78 is 5.01. The van der Waals surface area contributed by atoms with E-state index in [9.17, 15) is 9.59 Å². The molecule has 0 saturated carbocycles. The van der Waals surface area contributed by atoms with Gasteiger partial charge in [-0.25, -0.2) is 0 Å². The number of amides is 1. The molecule has 0 spiro atoms. The topological polar surface area (TPSA) is 49.9 Å². The molecular formula is C21H24N2O3. The molecule has 0 aromatic heterocycles. The number of hydrogen-bond donors (Lipinski definition) is 0. The molecule has 0 aliphatic carbocycles. The first-order chi connectivity index (χ1) is 12.6. The van der Waals surface area contributed by atoms with Crippen molar-refractivity contribution in [1.82, 2.24) is 4.90 Å². The van der Waals surface area contributed by atoms with Crippen LogP contribution in [0.4, 0.5) is 5.69 Å². The summed E-state index contributed by atoms with van der Waals surface area (Å²) in [5.74, 6) is -0.283. The van der Waals surface area contributed by atoms with E-state index in [1.165, 1.54) is 0 Å². The van der Waals surface area contributed by atoms with Gasteiger partial charge in [0, 0.05) is 18.7 Å². The number of ether oxygens (including phenoxy) is 1. The maximum absolute atomic E-state index is 13.0. The van der Waals surface area contributed by atoms with Crippen LogP contribution in [0.25, 0.3) is 11.1 Å². The molecule has 0 radical (unpaired) electrons. The summed E-state index contributed by atoms with van der Waals surface area (Å²) in [5.41, 5.74) is 3.02. The van der Waals surface area contributed by atoms with E-state index in [1.807, 2.05) is 71.3 Å². The third-order valence-electron chi connectivity index (χ3n) is 4.70. The Hall–Kier alpha value is -2.66. The number of rotatable bonds is 5. The highest BCUT2D eigenvalue weighted by molar-refractivity contribution is 6.01. The minimum Gasteiger partial charge on any atom is -0.465 e. The van der Waals surface area contributed by atoms with Gasteiger partial charge in [-0.05, 0) is 25.5 Å². The summed E-state index contributed by atoms with van der Waals surface area (Å²) in [6.07, 6.45) is 0. The molecule has 1 fully saturated rings. The zero-order valence-electron chi connectivity index (χ0n) is 15.2. The fraction of sp³-hybridized carbons (Fsp3) is 0.333. The summed E-state index contributed by atoms with van der Waals surface area (Å²) in [7, 11) is 0. The third kappa shape index (κ3) is 3.78. The first-order valence-electron chi connectivity index (χ1n) is 8.97. The first kappa shape index (κ1) is 18.1. The number of esters is 1. The van der Waals surface area contributed by atoms with Crippen molar-refractivity contribution in [2.75, 3.05) is 31.1 Å². The Bertz CT molecular complexity index is 776. The summed E-state index contributed by atoms with van der Waals surface area (Å²) in [4.78, 5) is 28.5. The highest BCUT2D eigenvalue weighted by Gasteiger charge is 2.34. The fourth-order valence-electron chi connectivity index (χ4n) is 3.31. The number of nitrogens with zero attached hydrogens (tertiary/aromatic N) is 2. The van der Waals surface area contributed by atoms with Crippen LogP contribution in [0, 0.1) is 0 Å². The molecule has 2 aromatic carbocycles. The lowest BCUT2D eigenvalue weighted by atomic mass is 10.0. The second-order valence-corrected chi connectivity index (χ2v) is 6.32. The highest BCUT2D eigenvalue weighted by atomic mass is 16.5. The van der Waals surface area contributed by atoms with Crippen molar-refractivity contribution in [2.24, 2.45) is 0 Å². The Morgan fingerprint density at radius 1 is 1.08 bits per heavy atom. The van der Waals surface area contributed by atoms with Crippen LogP contribution in [0.3, 0.4) is 0 Å². The number of anilines is 1. The Balaban J connectivity index is 1.82. The lowest BCUT2D eigenvalue weighted by molar-refractivity contribution is -0.145. The van der Waals surface area contributed by atoms with E-state index >= 15 is 0 Å². The molecule has 5 nitrogen and oxygen atoms in total. The van der Waals surface area contributed by atoms with E-state index in [2.05, 4.69) is 0 Å². The summed E-state index contributed by atoms with van der Waals surface area (Å²) in [6.45, 7) is 5.31. The SMILES string of the molecule is CCOC(=O)CN1CCN(c2ccccc2-c2ccccc2)C(=O)[C@H]1C. The van der Waals surface area contributed by atoms with E-state index in [0.717, 1.165) is 16.8 Å². The van der Waals surface area contributed by atoms with Gasteiger partial charge in [0.05, 0.1) is 24.9 Å². The molecule has 1 aliphatic heterocycles. The van der Waals surface area contributed by atoms with Crippen molar-refractivity contribution < 1.29 is 14.3 Å². The van der Waals surface area contributed by atoms with Crippen molar-refractivity contribution >= 4 is 17.6 Å². The molecule has 0 bridgehead atoms. The fourth-order valence-corrected chi connectivity index (χ4v) is 3.31. The van der Waals surface area contributed by atoms with Crippen LogP contribution in [0.15, 0.2) is 54.6 Å². The molecule has 1 heterocycles. The van der Waals surface area contributed by atoms with Crippen molar-refractivity contribution in [3.8, 4) is 11.1 Å². The smallest absolute Gasteiger partial charge is 0.320 e. The molecule has 26 heavy (non-hydrogen) atoms. The molecular weight excluding hydrogens is 328 g/mol. The molecule has 1 amide bonds. The lowest BCUT2D eigenvalue weighted by Crippen LogP contribution is -2.57. The van der Waals surface area contributed by atoms with E-state index in [0.29, 0.717) is 19.7 Å². The second-order valence-electron chi connectivity index (χ2n) is 6.32. The molecule has 0 N–H and O–H groups in total. The van der Waals surface area contributed by atoms with Crippen LogP contribution in [0.5, 0.6) is 0 Å². The number of carbonyl (C=O) groups excluding carboxylic acids is 2. The molecule has 0 unspecified atom stereocenters. The largest absolute Gasteiger partial charge is 0.465 e. The van der Waals surface area contributed by atoms with Gasteiger partial charge in [-0.15, -0.1) is 0 Å². The van der Waals surface area contributed by atoms with Crippen LogP contribution in [-0.4, -0.2) is 49.1 Å². The quantitative estimate of drug-likeness (QED) is 0.777. The van der Waals surface area contributed by atoms with Crippen molar-refractivity contribution in [3.05, 3.63) is 54.6 Å². The van der Waals surface area contributed by atoms with Crippen molar-refractivity contribution in [2.45, 2.75) is 19.9 Å². The Labute approximate surface area is 154 Å². The Kier molecular flexibility index (Phi) is 5.68. The van der Waals surface area contributed by atoms with Crippen molar-refractivity contribution in [1.29, 1.82) is 0 Å². The van der Waals surface area contributed by atoms with Gasteiger partial charge >= 0.3 is 5.97 Å². The molecule has 136 valence electrons. The average molecular weight is 352 g/mol. The summed E-state index contributed by atoms with van der Waals surface area (Å²) >= 11 is 0. The predicted octanol–water partition coefficient (Wildman–Crippen LogP) is 2.95. The average Bonchev–Trinajstić information content (AvgIpc) is 2.67. The number of benzene rings is 2. The minimum atomic E-state index is -0.364. The maximum atomic E-state index is 13.0. The van der Waals surface area contributed by atoms with Gasteiger partial charge < -0.3 is 9.64 Å². The Morgan fingerprint density at radius 3 is 2.50 bits per heavy atom. The van der Waals surface area contributed by atoms with E-state index in [1.54, 1.807) is 6.92 Å². The molecule has 1 aliphatic rings. The number of carbonyl (C=O) groups is 2. The maximum Gasteiger partial charge on any atom is 0.320 e. The van der Waals surface area contributed by atoms with Gasteiger partial charge in [0.2, 0.25) is 5.91 Å². The van der Waals surface area contributed by atoms with Crippen LogP contribution in [0.2, 0.25) is 0 Å². The first-order valence-corrected chi connectivity index (χ1v) is 8.97. The van der Waals surface area contributed by atoms with Gasteiger partial charge in [-0.3, -0.25) is 14.5 Å². The zero-order chi connectivity index (χ0) is 18.5. The van der Waals surface area contributed by atoms with Crippen molar-refractivity contribution in [3.63, 3.8) is 0 Å². The second kappa shape index (κ2) is 8.15. The van der Waals surface area contributed by atoms with Gasteiger partial charge in [-0.2, -0.15) is 0 Å². The van der Waals surface area contributed by atoms with Gasteiger partial charge in [0.15, 0.2) is 0 Å². The van der Waals surface area contributed by atoms with Crippen LogP contribution in [-0.2, 0) is 14.3 Å². The zero-order valence-corrected chi connectivity index (χ0v) is 15.2. The normalized spacial score (nSPS) is 18.0. The lowest BCUT2D eigenvalue weighted by Gasteiger charge is -2.39. The van der Waals surface area contributed by atoms with E-state index < -0.39 is 0 Å². The standard InChI is InChI=1S/C21H24N2O3/c1-3-26-20(24)15-22-13-14-23(21(25)16(22)2)19-12-8-7-11-18(19)17-9-5-4-6-10-17/h4-12,16H,3,13-15H2,1-2H3/t16-/m1/s1. The predicted molar refractivity (Wildman–Crippen MR) is 102 cm³/mol. The van der Waals surface area contributed by atoms with E-state index in [4.69, 9.17) is 4.74 Å². The van der Waals surface area contributed by atoms with E-state index in [-0.39, 0.29) is 24.5 Å². The van der Waals surface area contributed by atoms with Gasteiger partial charge in [0.25, 0.3) is 0 Å². The van der Waals surface area contributed by atoms with Crippen LogP contribution in [0.1, 0.15) is 13.8 Å². The number of hydrogen-bond acceptors (Lipinski definition) is 4. The highest BCUT2D eigenvalue weighted by Crippen LogP contribution is 2.32. The van der Waals surface area contributed by atoms with Crippen LogP contribution < -0.4 is 4.90 Å².